The first-order valence-electron chi connectivity index (χ1n) is 9.97. The number of likely N-dealkylation sites (N-methyl/N-ethyl adjacent to an activating group) is 1. The Kier molecular flexibility index (Phi) is 7.11. The SMILES string of the molecule is Cc1nn(-c2cccc(C(F)(F)F)c2)c(C)c1C(=O)C(=O)N(C)CC(=O)Nc1cccc(Cl)c1. The van der Waals surface area contributed by atoms with Crippen LogP contribution < -0.4 is 5.32 Å². The number of rotatable bonds is 6. The third kappa shape index (κ3) is 5.45. The normalized spacial score (nSPS) is 11.3. The van der Waals surface area contributed by atoms with Gasteiger partial charge in [0.25, 0.3) is 11.7 Å². The number of halogens is 4. The zero-order chi connectivity index (χ0) is 25.2. The predicted molar refractivity (Wildman–Crippen MR) is 120 cm³/mol. The number of nitrogens with one attached hydrogen (secondary N) is 1. The summed E-state index contributed by atoms with van der Waals surface area (Å²) in [4.78, 5) is 38.8. The summed E-state index contributed by atoms with van der Waals surface area (Å²) < 4.78 is 40.4. The maximum absolute atomic E-state index is 13.1. The van der Waals surface area contributed by atoms with Gasteiger partial charge in [-0.05, 0) is 50.2 Å². The highest BCUT2D eigenvalue weighted by molar-refractivity contribution is 6.43. The van der Waals surface area contributed by atoms with Crippen LogP contribution >= 0.6 is 11.6 Å². The highest BCUT2D eigenvalue weighted by atomic mass is 35.5. The molecule has 34 heavy (non-hydrogen) atoms. The van der Waals surface area contributed by atoms with Crippen LogP contribution in [0.4, 0.5) is 18.9 Å². The van der Waals surface area contributed by atoms with Crippen molar-refractivity contribution in [1.82, 2.24) is 14.7 Å². The number of hydrogen-bond acceptors (Lipinski definition) is 4. The number of ketones is 1. The van der Waals surface area contributed by atoms with E-state index in [1.807, 2.05) is 0 Å². The molecule has 178 valence electrons. The Morgan fingerprint density at radius 1 is 1.09 bits per heavy atom. The van der Waals surface area contributed by atoms with Crippen LogP contribution in [0.5, 0.6) is 0 Å². The number of carbonyl (C=O) groups excluding carboxylic acids is 3. The van der Waals surface area contributed by atoms with E-state index in [4.69, 9.17) is 11.6 Å². The number of aromatic nitrogens is 2. The number of hydrogen-bond donors (Lipinski definition) is 1. The zero-order valence-corrected chi connectivity index (χ0v) is 19.2. The molecular formula is C23H20ClF3N4O3. The van der Waals surface area contributed by atoms with Crippen LogP contribution in [0.25, 0.3) is 5.69 Å². The molecule has 1 heterocycles. The molecule has 0 saturated carbocycles. The van der Waals surface area contributed by atoms with E-state index in [1.165, 1.54) is 43.8 Å². The minimum Gasteiger partial charge on any atom is -0.330 e. The van der Waals surface area contributed by atoms with E-state index in [1.54, 1.807) is 18.2 Å². The van der Waals surface area contributed by atoms with Crippen molar-refractivity contribution in [1.29, 1.82) is 0 Å². The Bertz CT molecular complexity index is 1270. The lowest BCUT2D eigenvalue weighted by Gasteiger charge is -2.16. The van der Waals surface area contributed by atoms with Gasteiger partial charge >= 0.3 is 6.18 Å². The topological polar surface area (TPSA) is 84.3 Å². The smallest absolute Gasteiger partial charge is 0.330 e. The van der Waals surface area contributed by atoms with Crippen LogP contribution in [-0.2, 0) is 15.8 Å². The van der Waals surface area contributed by atoms with Crippen molar-refractivity contribution in [2.24, 2.45) is 0 Å². The number of benzene rings is 2. The fourth-order valence-corrected chi connectivity index (χ4v) is 3.56. The highest BCUT2D eigenvalue weighted by Gasteiger charge is 2.32. The molecule has 0 unspecified atom stereocenters. The number of anilines is 1. The van der Waals surface area contributed by atoms with Crippen molar-refractivity contribution in [3.8, 4) is 5.69 Å². The Morgan fingerprint density at radius 3 is 2.41 bits per heavy atom. The summed E-state index contributed by atoms with van der Waals surface area (Å²) in [6.45, 7) is 2.55. The monoisotopic (exact) mass is 492 g/mol. The summed E-state index contributed by atoms with van der Waals surface area (Å²) in [6.07, 6.45) is -4.55. The van der Waals surface area contributed by atoms with Crippen molar-refractivity contribution in [2.45, 2.75) is 20.0 Å². The van der Waals surface area contributed by atoms with Gasteiger partial charge < -0.3 is 10.2 Å². The molecule has 0 aliphatic rings. The molecule has 2 aromatic carbocycles. The zero-order valence-electron chi connectivity index (χ0n) is 18.4. The average molecular weight is 493 g/mol. The van der Waals surface area contributed by atoms with Crippen molar-refractivity contribution in [3.05, 3.63) is 76.1 Å². The molecule has 2 amide bonds. The summed E-state index contributed by atoms with van der Waals surface area (Å²) in [5.41, 5.74) is -0.0108. The Labute approximate surface area is 198 Å². The van der Waals surface area contributed by atoms with Gasteiger partial charge in [0.2, 0.25) is 5.91 Å². The molecule has 0 bridgehead atoms. The number of amides is 2. The molecular weight excluding hydrogens is 473 g/mol. The quantitative estimate of drug-likeness (QED) is 0.407. The van der Waals surface area contributed by atoms with Gasteiger partial charge in [0.1, 0.15) is 0 Å². The summed E-state index contributed by atoms with van der Waals surface area (Å²) in [7, 11) is 1.29. The van der Waals surface area contributed by atoms with Gasteiger partial charge in [-0.1, -0.05) is 23.7 Å². The molecule has 0 spiro atoms. The molecule has 7 nitrogen and oxygen atoms in total. The van der Waals surface area contributed by atoms with E-state index >= 15 is 0 Å². The first-order valence-corrected chi connectivity index (χ1v) is 10.4. The predicted octanol–water partition coefficient (Wildman–Crippen LogP) is 4.44. The number of carbonyl (C=O) groups is 3. The fraction of sp³-hybridized carbons (Fsp3) is 0.217. The first kappa shape index (κ1) is 25.0. The Hall–Kier alpha value is -3.66. The molecule has 0 atom stereocenters. The number of alkyl halides is 3. The van der Waals surface area contributed by atoms with Crippen LogP contribution in [0.15, 0.2) is 48.5 Å². The second-order valence-electron chi connectivity index (χ2n) is 7.55. The van der Waals surface area contributed by atoms with Crippen molar-refractivity contribution in [3.63, 3.8) is 0 Å². The van der Waals surface area contributed by atoms with Crippen molar-refractivity contribution in [2.75, 3.05) is 18.9 Å². The van der Waals surface area contributed by atoms with Gasteiger partial charge in [-0.2, -0.15) is 18.3 Å². The van der Waals surface area contributed by atoms with E-state index in [9.17, 15) is 27.6 Å². The van der Waals surface area contributed by atoms with Gasteiger partial charge in [0, 0.05) is 17.8 Å². The van der Waals surface area contributed by atoms with E-state index in [0.717, 1.165) is 17.0 Å². The second kappa shape index (κ2) is 9.68. The summed E-state index contributed by atoms with van der Waals surface area (Å²) in [5, 5.41) is 7.15. The summed E-state index contributed by atoms with van der Waals surface area (Å²) in [5.74, 6) is -2.43. The lowest BCUT2D eigenvalue weighted by molar-refractivity contribution is -0.137. The number of aryl methyl sites for hydroxylation is 1. The summed E-state index contributed by atoms with van der Waals surface area (Å²) in [6, 6.07) is 10.9. The molecule has 11 heteroatoms. The van der Waals surface area contributed by atoms with Crippen molar-refractivity contribution >= 4 is 34.9 Å². The van der Waals surface area contributed by atoms with Gasteiger partial charge in [-0.15, -0.1) is 0 Å². The van der Waals surface area contributed by atoms with Gasteiger partial charge in [-0.25, -0.2) is 4.68 Å². The molecule has 0 aliphatic carbocycles. The van der Waals surface area contributed by atoms with E-state index in [0.29, 0.717) is 10.7 Å². The minimum absolute atomic E-state index is 0.0375. The van der Waals surface area contributed by atoms with Gasteiger partial charge in [0.15, 0.2) is 0 Å². The highest BCUT2D eigenvalue weighted by Crippen LogP contribution is 2.31. The molecule has 0 saturated heterocycles. The minimum atomic E-state index is -4.55. The molecule has 3 aromatic rings. The third-order valence-corrected chi connectivity index (χ3v) is 5.20. The number of Topliss-reactive ketones (excluding diaryl/α,β-unsaturated/α-hetero) is 1. The van der Waals surface area contributed by atoms with Crippen LogP contribution in [0.3, 0.4) is 0 Å². The largest absolute Gasteiger partial charge is 0.416 e. The van der Waals surface area contributed by atoms with Gasteiger partial charge in [-0.3, -0.25) is 14.4 Å². The maximum Gasteiger partial charge on any atom is 0.416 e. The van der Waals surface area contributed by atoms with Crippen LogP contribution in [0.1, 0.15) is 27.3 Å². The van der Waals surface area contributed by atoms with Crippen LogP contribution in [0, 0.1) is 13.8 Å². The average Bonchev–Trinajstić information content (AvgIpc) is 3.06. The van der Waals surface area contributed by atoms with Crippen LogP contribution in [0.2, 0.25) is 5.02 Å². The maximum atomic E-state index is 13.1. The lowest BCUT2D eigenvalue weighted by Crippen LogP contribution is -2.39. The first-order chi connectivity index (χ1) is 15.9. The molecule has 3 rings (SSSR count). The molecule has 0 fully saturated rings. The standard InChI is InChI=1S/C23H20ClF3N4O3/c1-13-20(14(2)31(29-13)18-9-4-6-15(10-18)23(25,26)27)21(33)22(34)30(3)12-19(32)28-17-8-5-7-16(24)11-17/h4-11H,12H2,1-3H3,(H,28,32). The third-order valence-electron chi connectivity index (χ3n) is 4.97. The summed E-state index contributed by atoms with van der Waals surface area (Å²) >= 11 is 5.88. The molecule has 1 N–H and O–H groups in total. The molecule has 0 radical (unpaired) electrons. The fourth-order valence-electron chi connectivity index (χ4n) is 3.37. The van der Waals surface area contributed by atoms with E-state index in [2.05, 4.69) is 10.4 Å². The molecule has 0 aliphatic heterocycles. The lowest BCUT2D eigenvalue weighted by atomic mass is 10.1. The number of nitrogens with zero attached hydrogens (tertiary/aromatic N) is 3. The van der Waals surface area contributed by atoms with E-state index in [-0.39, 0.29) is 22.6 Å². The van der Waals surface area contributed by atoms with Crippen molar-refractivity contribution < 1.29 is 27.6 Å². The van der Waals surface area contributed by atoms with Crippen LogP contribution in [-0.4, -0.2) is 45.9 Å². The Balaban J connectivity index is 1.78. The molecule has 1 aromatic heterocycles. The van der Waals surface area contributed by atoms with E-state index < -0.39 is 35.9 Å². The Morgan fingerprint density at radius 2 is 1.76 bits per heavy atom. The second-order valence-corrected chi connectivity index (χ2v) is 7.99. The van der Waals surface area contributed by atoms with Gasteiger partial charge in [0.05, 0.1) is 34.7 Å².